The molecule has 0 fully saturated rings. The normalized spacial score (nSPS) is 10.2. The summed E-state index contributed by atoms with van der Waals surface area (Å²) in [6.45, 7) is 5.03. The maximum atomic E-state index is 5.53. The van der Waals surface area contributed by atoms with Crippen molar-refractivity contribution in [3.05, 3.63) is 36.0 Å². The van der Waals surface area contributed by atoms with Crippen LogP contribution in [0.3, 0.4) is 0 Å². The topological polar surface area (TPSA) is 60.2 Å². The van der Waals surface area contributed by atoms with E-state index < -0.39 is 0 Å². The zero-order chi connectivity index (χ0) is 12.1. The summed E-state index contributed by atoms with van der Waals surface area (Å²) in [6.07, 6.45) is 1.62. The van der Waals surface area contributed by atoms with Crippen molar-refractivity contribution in [2.24, 2.45) is 0 Å². The molecule has 2 aromatic heterocycles. The lowest BCUT2D eigenvalue weighted by atomic mass is 10.4. The zero-order valence-corrected chi connectivity index (χ0v) is 9.93. The van der Waals surface area contributed by atoms with Gasteiger partial charge in [-0.2, -0.15) is 4.98 Å². The quantitative estimate of drug-likeness (QED) is 0.859. The highest BCUT2D eigenvalue weighted by Gasteiger charge is 2.03. The van der Waals surface area contributed by atoms with Gasteiger partial charge < -0.3 is 14.5 Å². The first-order valence-electron chi connectivity index (χ1n) is 5.52. The summed E-state index contributed by atoms with van der Waals surface area (Å²) < 4.78 is 10.7. The lowest BCUT2D eigenvalue weighted by Crippen LogP contribution is -2.04. The van der Waals surface area contributed by atoms with Gasteiger partial charge in [0.2, 0.25) is 5.88 Å². The van der Waals surface area contributed by atoms with Gasteiger partial charge in [-0.3, -0.25) is 0 Å². The van der Waals surface area contributed by atoms with E-state index in [1.165, 1.54) is 0 Å². The SMILES string of the molecule is CCNc1cc(OCc2ccco2)nc(C)n1. The molecule has 2 heterocycles. The van der Waals surface area contributed by atoms with Crippen LogP contribution in [0.15, 0.2) is 28.9 Å². The van der Waals surface area contributed by atoms with Crippen LogP contribution < -0.4 is 10.1 Å². The first-order chi connectivity index (χ1) is 8.28. The van der Waals surface area contributed by atoms with Gasteiger partial charge in [-0.25, -0.2) is 4.98 Å². The number of ether oxygens (including phenoxy) is 1. The van der Waals surface area contributed by atoms with Gasteiger partial charge >= 0.3 is 0 Å². The summed E-state index contributed by atoms with van der Waals surface area (Å²) in [5.74, 6) is 2.77. The average Bonchev–Trinajstić information content (AvgIpc) is 2.79. The van der Waals surface area contributed by atoms with Crippen LogP contribution in [0.2, 0.25) is 0 Å². The van der Waals surface area contributed by atoms with E-state index in [1.807, 2.05) is 26.0 Å². The Bertz CT molecular complexity index is 469. The number of anilines is 1. The van der Waals surface area contributed by atoms with Crippen LogP contribution in [0.5, 0.6) is 5.88 Å². The van der Waals surface area contributed by atoms with E-state index in [0.717, 1.165) is 18.1 Å². The molecular formula is C12H15N3O2. The van der Waals surface area contributed by atoms with E-state index in [0.29, 0.717) is 18.3 Å². The van der Waals surface area contributed by atoms with Crippen LogP contribution >= 0.6 is 0 Å². The molecule has 5 heteroatoms. The third-order valence-electron chi connectivity index (χ3n) is 2.11. The van der Waals surface area contributed by atoms with Crippen LogP contribution in [-0.4, -0.2) is 16.5 Å². The third-order valence-corrected chi connectivity index (χ3v) is 2.11. The van der Waals surface area contributed by atoms with E-state index in [1.54, 1.807) is 12.3 Å². The molecule has 1 N–H and O–H groups in total. The van der Waals surface area contributed by atoms with Crippen molar-refractivity contribution < 1.29 is 9.15 Å². The van der Waals surface area contributed by atoms with Crippen molar-refractivity contribution in [3.8, 4) is 5.88 Å². The van der Waals surface area contributed by atoms with Crippen molar-refractivity contribution in [2.45, 2.75) is 20.5 Å². The van der Waals surface area contributed by atoms with Gasteiger partial charge in [0.05, 0.1) is 6.26 Å². The van der Waals surface area contributed by atoms with Gasteiger partial charge in [0.15, 0.2) is 0 Å². The Labute approximate surface area is 99.8 Å². The van der Waals surface area contributed by atoms with Crippen LogP contribution in [0, 0.1) is 6.92 Å². The third kappa shape index (κ3) is 3.21. The fourth-order valence-electron chi connectivity index (χ4n) is 1.43. The highest BCUT2D eigenvalue weighted by Crippen LogP contribution is 2.14. The van der Waals surface area contributed by atoms with Crippen molar-refractivity contribution in [1.29, 1.82) is 0 Å². The summed E-state index contributed by atoms with van der Waals surface area (Å²) in [5, 5.41) is 3.13. The number of rotatable bonds is 5. The average molecular weight is 233 g/mol. The molecule has 0 aliphatic rings. The van der Waals surface area contributed by atoms with Crippen LogP contribution in [-0.2, 0) is 6.61 Å². The first-order valence-corrected chi connectivity index (χ1v) is 5.52. The largest absolute Gasteiger partial charge is 0.469 e. The number of hydrogen-bond donors (Lipinski definition) is 1. The van der Waals surface area contributed by atoms with Crippen molar-refractivity contribution in [1.82, 2.24) is 9.97 Å². The molecule has 2 aromatic rings. The predicted octanol–water partition coefficient (Wildman–Crippen LogP) is 2.39. The van der Waals surface area contributed by atoms with Gasteiger partial charge in [-0.15, -0.1) is 0 Å². The fraction of sp³-hybridized carbons (Fsp3) is 0.333. The Morgan fingerprint density at radius 2 is 2.29 bits per heavy atom. The second kappa shape index (κ2) is 5.34. The summed E-state index contributed by atoms with van der Waals surface area (Å²) in [7, 11) is 0. The van der Waals surface area contributed by atoms with E-state index >= 15 is 0 Å². The molecule has 0 spiro atoms. The maximum absolute atomic E-state index is 5.53. The molecule has 5 nitrogen and oxygen atoms in total. The Morgan fingerprint density at radius 3 is 3.00 bits per heavy atom. The summed E-state index contributed by atoms with van der Waals surface area (Å²) in [6, 6.07) is 5.46. The second-order valence-electron chi connectivity index (χ2n) is 3.54. The molecule has 0 aliphatic carbocycles. The zero-order valence-electron chi connectivity index (χ0n) is 9.93. The smallest absolute Gasteiger partial charge is 0.219 e. The Morgan fingerprint density at radius 1 is 1.41 bits per heavy atom. The van der Waals surface area contributed by atoms with E-state index in [4.69, 9.17) is 9.15 Å². The molecule has 0 unspecified atom stereocenters. The van der Waals surface area contributed by atoms with Crippen molar-refractivity contribution >= 4 is 5.82 Å². The molecule has 0 atom stereocenters. The molecule has 0 saturated carbocycles. The fourth-order valence-corrected chi connectivity index (χ4v) is 1.43. The van der Waals surface area contributed by atoms with Gasteiger partial charge in [0, 0.05) is 12.6 Å². The standard InChI is InChI=1S/C12H15N3O2/c1-3-13-11-7-12(15-9(2)14-11)17-8-10-5-4-6-16-10/h4-7H,3,8H2,1-2H3,(H,13,14,15). The highest BCUT2D eigenvalue weighted by atomic mass is 16.5. The van der Waals surface area contributed by atoms with Crippen LogP contribution in [0.4, 0.5) is 5.82 Å². The highest BCUT2D eigenvalue weighted by molar-refractivity contribution is 5.38. The minimum atomic E-state index is 0.370. The monoisotopic (exact) mass is 233 g/mol. The van der Waals surface area contributed by atoms with Gasteiger partial charge in [0.25, 0.3) is 0 Å². The summed E-state index contributed by atoms with van der Waals surface area (Å²) >= 11 is 0. The lowest BCUT2D eigenvalue weighted by Gasteiger charge is -2.07. The van der Waals surface area contributed by atoms with E-state index in [9.17, 15) is 0 Å². The van der Waals surface area contributed by atoms with Crippen LogP contribution in [0.1, 0.15) is 18.5 Å². The predicted molar refractivity (Wildman–Crippen MR) is 64.0 cm³/mol. The van der Waals surface area contributed by atoms with E-state index in [-0.39, 0.29) is 0 Å². The van der Waals surface area contributed by atoms with Crippen molar-refractivity contribution in [2.75, 3.05) is 11.9 Å². The van der Waals surface area contributed by atoms with Gasteiger partial charge in [-0.1, -0.05) is 0 Å². The molecule has 0 bridgehead atoms. The number of nitrogens with one attached hydrogen (secondary N) is 1. The van der Waals surface area contributed by atoms with Crippen LogP contribution in [0.25, 0.3) is 0 Å². The molecule has 0 saturated heterocycles. The lowest BCUT2D eigenvalue weighted by molar-refractivity contribution is 0.260. The number of aryl methyl sites for hydroxylation is 1. The Kier molecular flexibility index (Phi) is 3.59. The Hall–Kier alpha value is -2.04. The summed E-state index contributed by atoms with van der Waals surface area (Å²) in [5.41, 5.74) is 0. The number of hydrogen-bond acceptors (Lipinski definition) is 5. The molecule has 0 aromatic carbocycles. The number of furan rings is 1. The minimum absolute atomic E-state index is 0.370. The minimum Gasteiger partial charge on any atom is -0.469 e. The number of aromatic nitrogens is 2. The molecule has 90 valence electrons. The maximum Gasteiger partial charge on any atom is 0.219 e. The molecule has 2 rings (SSSR count). The summed E-state index contributed by atoms with van der Waals surface area (Å²) in [4.78, 5) is 8.44. The Balaban J connectivity index is 2.04. The van der Waals surface area contributed by atoms with Gasteiger partial charge in [-0.05, 0) is 26.0 Å². The first kappa shape index (κ1) is 11.4. The second-order valence-corrected chi connectivity index (χ2v) is 3.54. The molecule has 0 amide bonds. The van der Waals surface area contributed by atoms with E-state index in [2.05, 4.69) is 15.3 Å². The van der Waals surface area contributed by atoms with Gasteiger partial charge in [0.1, 0.15) is 24.0 Å². The molecule has 0 radical (unpaired) electrons. The molecule has 0 aliphatic heterocycles. The van der Waals surface area contributed by atoms with Crippen molar-refractivity contribution in [3.63, 3.8) is 0 Å². The molecular weight excluding hydrogens is 218 g/mol. The number of nitrogens with zero attached hydrogens (tertiary/aromatic N) is 2. The molecule has 17 heavy (non-hydrogen) atoms.